The van der Waals surface area contributed by atoms with Crippen molar-refractivity contribution in [3.05, 3.63) is 52.3 Å². The second-order valence-electron chi connectivity index (χ2n) is 5.45. The number of hydrogen-bond donors (Lipinski definition) is 1. The van der Waals surface area contributed by atoms with Gasteiger partial charge in [0.05, 0.1) is 0 Å². The molecule has 0 spiro atoms. The van der Waals surface area contributed by atoms with Crippen LogP contribution in [-0.2, 0) is 6.42 Å². The first-order chi connectivity index (χ1) is 10.0. The third-order valence-corrected chi connectivity index (χ3v) is 3.79. The van der Waals surface area contributed by atoms with Crippen molar-refractivity contribution < 1.29 is 4.79 Å². The van der Waals surface area contributed by atoms with Gasteiger partial charge in [0.2, 0.25) is 0 Å². The van der Waals surface area contributed by atoms with E-state index in [1.165, 1.54) is 5.56 Å². The lowest BCUT2D eigenvalue weighted by molar-refractivity contribution is 0.101. The summed E-state index contributed by atoms with van der Waals surface area (Å²) in [5, 5.41) is 2.96. The lowest BCUT2D eigenvalue weighted by Gasteiger charge is -2.13. The number of nitrogens with one attached hydrogen (secondary N) is 1. The second kappa shape index (κ2) is 6.94. The predicted molar refractivity (Wildman–Crippen MR) is 90.9 cm³/mol. The van der Waals surface area contributed by atoms with Gasteiger partial charge in [-0.2, -0.15) is 0 Å². The number of rotatable bonds is 5. The molecule has 1 amide bonds. The molecule has 21 heavy (non-hydrogen) atoms. The second-order valence-corrected chi connectivity index (χ2v) is 6.36. The number of benzene rings is 1. The smallest absolute Gasteiger partial charge is 0.272 e. The number of anilines is 1. The molecule has 0 aliphatic rings. The zero-order valence-corrected chi connectivity index (χ0v) is 14.3. The van der Waals surface area contributed by atoms with Crippen molar-refractivity contribution >= 4 is 27.5 Å². The normalized spacial score (nSPS) is 10.9. The van der Waals surface area contributed by atoms with Gasteiger partial charge in [0, 0.05) is 22.4 Å². The predicted octanol–water partition coefficient (Wildman–Crippen LogP) is 5.04. The quantitative estimate of drug-likeness (QED) is 0.807. The molecule has 1 aromatic carbocycles. The first kappa shape index (κ1) is 15.8. The number of aromatic nitrogens is 1. The number of nitrogens with zero attached hydrogens (tertiary/aromatic N) is 1. The highest BCUT2D eigenvalue weighted by atomic mass is 79.9. The van der Waals surface area contributed by atoms with Crippen LogP contribution in [0.4, 0.5) is 5.69 Å². The molecular weight excluding hydrogens is 328 g/mol. The van der Waals surface area contributed by atoms with E-state index in [2.05, 4.69) is 54.2 Å². The van der Waals surface area contributed by atoms with Gasteiger partial charge in [-0.3, -0.25) is 4.79 Å². The minimum atomic E-state index is -0.0855. The monoisotopic (exact) mass is 348 g/mol. The summed E-state index contributed by atoms with van der Waals surface area (Å²) in [5.41, 5.74) is 2.78. The van der Waals surface area contributed by atoms with Crippen molar-refractivity contribution in [2.75, 3.05) is 5.32 Å². The number of amides is 1. The van der Waals surface area contributed by atoms with E-state index in [-0.39, 0.29) is 11.9 Å². The van der Waals surface area contributed by atoms with Crippen LogP contribution in [0, 0.1) is 0 Å². The molecule has 0 aliphatic heterocycles. The van der Waals surface area contributed by atoms with Crippen LogP contribution in [0.3, 0.4) is 0 Å². The van der Waals surface area contributed by atoms with Gasteiger partial charge >= 0.3 is 0 Å². The van der Waals surface area contributed by atoms with Crippen LogP contribution >= 0.6 is 15.9 Å². The summed E-state index contributed by atoms with van der Waals surface area (Å²) >= 11 is 3.43. The Hall–Kier alpha value is -1.55. The summed E-state index contributed by atoms with van der Waals surface area (Å²) in [4.78, 5) is 12.4. The molecule has 2 aromatic rings. The Kier molecular flexibility index (Phi) is 5.23. The van der Waals surface area contributed by atoms with E-state index in [0.717, 1.165) is 23.0 Å². The van der Waals surface area contributed by atoms with E-state index < -0.39 is 0 Å². The molecule has 1 heterocycles. The minimum absolute atomic E-state index is 0.0855. The molecule has 2 rings (SSSR count). The molecule has 0 radical (unpaired) electrons. The number of carbonyl (C=O) groups is 1. The SMILES string of the molecule is CCCc1ccc(NC(=O)c2cc(Br)cn2C(C)C)cc1. The highest BCUT2D eigenvalue weighted by Gasteiger charge is 2.15. The van der Waals surface area contributed by atoms with Crippen molar-refractivity contribution in [2.45, 2.75) is 39.7 Å². The molecule has 0 fully saturated rings. The molecule has 0 aliphatic carbocycles. The molecule has 0 bridgehead atoms. The molecule has 1 N–H and O–H groups in total. The average Bonchev–Trinajstić information content (AvgIpc) is 2.84. The van der Waals surface area contributed by atoms with Crippen molar-refractivity contribution in [3.8, 4) is 0 Å². The van der Waals surface area contributed by atoms with Crippen LogP contribution in [-0.4, -0.2) is 10.5 Å². The Bertz CT molecular complexity index is 614. The Morgan fingerprint density at radius 3 is 2.52 bits per heavy atom. The van der Waals surface area contributed by atoms with Crippen molar-refractivity contribution in [3.63, 3.8) is 0 Å². The van der Waals surface area contributed by atoms with E-state index in [4.69, 9.17) is 0 Å². The first-order valence-electron chi connectivity index (χ1n) is 7.29. The summed E-state index contributed by atoms with van der Waals surface area (Å²) in [7, 11) is 0. The van der Waals surface area contributed by atoms with E-state index in [1.807, 2.05) is 29.0 Å². The molecule has 112 valence electrons. The van der Waals surface area contributed by atoms with Crippen molar-refractivity contribution in [2.24, 2.45) is 0 Å². The maximum Gasteiger partial charge on any atom is 0.272 e. The fourth-order valence-corrected chi connectivity index (χ4v) is 2.73. The summed E-state index contributed by atoms with van der Waals surface area (Å²) in [6.07, 6.45) is 4.13. The van der Waals surface area contributed by atoms with Crippen LogP contribution in [0.5, 0.6) is 0 Å². The van der Waals surface area contributed by atoms with Gasteiger partial charge in [-0.25, -0.2) is 0 Å². The Morgan fingerprint density at radius 2 is 1.95 bits per heavy atom. The average molecular weight is 349 g/mol. The van der Waals surface area contributed by atoms with E-state index in [0.29, 0.717) is 5.69 Å². The Balaban J connectivity index is 2.14. The van der Waals surface area contributed by atoms with Gasteiger partial charge in [0.15, 0.2) is 0 Å². The fraction of sp³-hybridized carbons (Fsp3) is 0.353. The molecule has 0 saturated heterocycles. The van der Waals surface area contributed by atoms with Crippen LogP contribution in [0.2, 0.25) is 0 Å². The number of hydrogen-bond acceptors (Lipinski definition) is 1. The van der Waals surface area contributed by atoms with Gasteiger partial charge in [-0.05, 0) is 60.0 Å². The van der Waals surface area contributed by atoms with E-state index in [9.17, 15) is 4.79 Å². The zero-order valence-electron chi connectivity index (χ0n) is 12.7. The Morgan fingerprint density at radius 1 is 1.29 bits per heavy atom. The van der Waals surface area contributed by atoms with Crippen LogP contribution in [0.1, 0.15) is 49.3 Å². The van der Waals surface area contributed by atoms with Gasteiger partial charge in [0.1, 0.15) is 5.69 Å². The number of carbonyl (C=O) groups excluding carboxylic acids is 1. The van der Waals surface area contributed by atoms with Gasteiger partial charge in [0.25, 0.3) is 5.91 Å². The fourth-order valence-electron chi connectivity index (χ4n) is 2.29. The molecule has 0 saturated carbocycles. The largest absolute Gasteiger partial charge is 0.340 e. The lowest BCUT2D eigenvalue weighted by Crippen LogP contribution is -2.17. The molecule has 3 nitrogen and oxygen atoms in total. The summed E-state index contributed by atoms with van der Waals surface area (Å²) in [5.74, 6) is -0.0855. The van der Waals surface area contributed by atoms with Gasteiger partial charge in [-0.15, -0.1) is 0 Å². The van der Waals surface area contributed by atoms with Crippen LogP contribution < -0.4 is 5.32 Å². The van der Waals surface area contributed by atoms with Gasteiger partial charge in [-0.1, -0.05) is 25.5 Å². The topological polar surface area (TPSA) is 34.0 Å². The molecular formula is C17H21BrN2O. The number of halogens is 1. The van der Waals surface area contributed by atoms with Crippen LogP contribution in [0.15, 0.2) is 41.0 Å². The Labute approximate surface area is 134 Å². The van der Waals surface area contributed by atoms with Gasteiger partial charge < -0.3 is 9.88 Å². The molecule has 0 unspecified atom stereocenters. The van der Waals surface area contributed by atoms with E-state index in [1.54, 1.807) is 0 Å². The maximum absolute atomic E-state index is 12.4. The molecule has 1 aromatic heterocycles. The zero-order chi connectivity index (χ0) is 15.4. The highest BCUT2D eigenvalue weighted by Crippen LogP contribution is 2.21. The maximum atomic E-state index is 12.4. The van der Waals surface area contributed by atoms with E-state index >= 15 is 0 Å². The summed E-state index contributed by atoms with van der Waals surface area (Å²) in [6.45, 7) is 6.28. The standard InChI is InChI=1S/C17H21BrN2O/c1-4-5-13-6-8-15(9-7-13)19-17(21)16-10-14(18)11-20(16)12(2)3/h6-12H,4-5H2,1-3H3,(H,19,21). The van der Waals surface area contributed by atoms with Crippen LogP contribution in [0.25, 0.3) is 0 Å². The highest BCUT2D eigenvalue weighted by molar-refractivity contribution is 9.10. The number of aryl methyl sites for hydroxylation is 1. The minimum Gasteiger partial charge on any atom is -0.340 e. The first-order valence-corrected chi connectivity index (χ1v) is 8.08. The third kappa shape index (κ3) is 3.97. The summed E-state index contributed by atoms with van der Waals surface area (Å²) < 4.78 is 2.88. The third-order valence-electron chi connectivity index (χ3n) is 3.35. The summed E-state index contributed by atoms with van der Waals surface area (Å²) in [6, 6.07) is 10.1. The molecule has 0 atom stereocenters. The van der Waals surface area contributed by atoms with Crippen molar-refractivity contribution in [1.82, 2.24) is 4.57 Å². The molecule has 4 heteroatoms. The lowest BCUT2D eigenvalue weighted by atomic mass is 10.1. The van der Waals surface area contributed by atoms with Crippen molar-refractivity contribution in [1.29, 1.82) is 0 Å².